The quantitative estimate of drug-likeness (QED) is 0.901. The van der Waals surface area contributed by atoms with E-state index in [9.17, 15) is 0 Å². The normalized spacial score (nSPS) is 16.3. The molecular formula is C16H27N3. The van der Waals surface area contributed by atoms with Crippen LogP contribution in [0, 0.1) is 6.92 Å². The molecule has 19 heavy (non-hydrogen) atoms. The van der Waals surface area contributed by atoms with Crippen LogP contribution in [0.15, 0.2) is 12.3 Å². The van der Waals surface area contributed by atoms with Gasteiger partial charge in [-0.1, -0.05) is 0 Å². The van der Waals surface area contributed by atoms with Crippen molar-refractivity contribution in [2.45, 2.75) is 65.1 Å². The van der Waals surface area contributed by atoms with E-state index in [1.807, 2.05) is 6.20 Å². The highest BCUT2D eigenvalue weighted by atomic mass is 15.1. The SMILES string of the molecule is Cc1cc(N(C)C2CCC2)c(CNC(C)(C)C)cn1. The van der Waals surface area contributed by atoms with E-state index < -0.39 is 0 Å². The van der Waals surface area contributed by atoms with Crippen LogP contribution in [0.2, 0.25) is 0 Å². The summed E-state index contributed by atoms with van der Waals surface area (Å²) in [5.41, 5.74) is 3.88. The molecule has 2 rings (SSSR count). The van der Waals surface area contributed by atoms with Crippen LogP contribution in [-0.4, -0.2) is 23.6 Å². The smallest absolute Gasteiger partial charge is 0.0445 e. The first kappa shape index (κ1) is 14.3. The minimum Gasteiger partial charge on any atom is -0.371 e. The third-order valence-electron chi connectivity index (χ3n) is 3.91. The molecule has 0 bridgehead atoms. The van der Waals surface area contributed by atoms with Crippen LogP contribution in [0.3, 0.4) is 0 Å². The topological polar surface area (TPSA) is 28.2 Å². The van der Waals surface area contributed by atoms with Gasteiger partial charge in [-0.25, -0.2) is 0 Å². The zero-order chi connectivity index (χ0) is 14.0. The van der Waals surface area contributed by atoms with Crippen molar-refractivity contribution < 1.29 is 0 Å². The molecule has 1 aromatic rings. The number of hydrogen-bond donors (Lipinski definition) is 1. The zero-order valence-electron chi connectivity index (χ0n) is 13.0. The Bertz CT molecular complexity index is 430. The summed E-state index contributed by atoms with van der Waals surface area (Å²) in [6, 6.07) is 2.94. The largest absolute Gasteiger partial charge is 0.371 e. The van der Waals surface area contributed by atoms with Gasteiger partial charge in [0.05, 0.1) is 0 Å². The number of aryl methyl sites for hydroxylation is 1. The van der Waals surface area contributed by atoms with Gasteiger partial charge in [0.1, 0.15) is 0 Å². The van der Waals surface area contributed by atoms with Gasteiger partial charge in [-0.15, -0.1) is 0 Å². The summed E-state index contributed by atoms with van der Waals surface area (Å²) in [4.78, 5) is 6.90. The molecule has 1 aliphatic rings. The van der Waals surface area contributed by atoms with Gasteiger partial charge in [0.25, 0.3) is 0 Å². The molecule has 0 spiro atoms. The van der Waals surface area contributed by atoms with Crippen molar-refractivity contribution in [2.24, 2.45) is 0 Å². The van der Waals surface area contributed by atoms with E-state index in [-0.39, 0.29) is 5.54 Å². The average molecular weight is 261 g/mol. The maximum absolute atomic E-state index is 4.46. The molecule has 0 aliphatic heterocycles. The van der Waals surface area contributed by atoms with Gasteiger partial charge in [-0.2, -0.15) is 0 Å². The lowest BCUT2D eigenvalue weighted by Crippen LogP contribution is -2.39. The van der Waals surface area contributed by atoms with Crippen LogP contribution in [0.1, 0.15) is 51.3 Å². The Balaban J connectivity index is 2.17. The monoisotopic (exact) mass is 261 g/mol. The molecule has 1 aromatic heterocycles. The molecule has 1 heterocycles. The van der Waals surface area contributed by atoms with Crippen LogP contribution in [-0.2, 0) is 6.54 Å². The van der Waals surface area contributed by atoms with E-state index in [0.717, 1.165) is 18.3 Å². The molecule has 1 fully saturated rings. The van der Waals surface area contributed by atoms with Gasteiger partial charge < -0.3 is 10.2 Å². The fourth-order valence-corrected chi connectivity index (χ4v) is 2.37. The lowest BCUT2D eigenvalue weighted by molar-refractivity contribution is 0.398. The van der Waals surface area contributed by atoms with E-state index in [2.05, 4.69) is 56.0 Å². The molecule has 3 heteroatoms. The van der Waals surface area contributed by atoms with Crippen molar-refractivity contribution >= 4 is 5.69 Å². The number of rotatable bonds is 4. The fraction of sp³-hybridized carbons (Fsp3) is 0.688. The minimum atomic E-state index is 0.136. The highest BCUT2D eigenvalue weighted by Gasteiger charge is 2.24. The molecule has 106 valence electrons. The third kappa shape index (κ3) is 3.69. The Morgan fingerprint density at radius 3 is 2.58 bits per heavy atom. The van der Waals surface area contributed by atoms with Crippen LogP contribution in [0.5, 0.6) is 0 Å². The Kier molecular flexibility index (Phi) is 4.14. The lowest BCUT2D eigenvalue weighted by Gasteiger charge is -2.37. The van der Waals surface area contributed by atoms with Crippen molar-refractivity contribution in [3.8, 4) is 0 Å². The number of nitrogens with zero attached hydrogens (tertiary/aromatic N) is 2. The second kappa shape index (κ2) is 5.49. The summed E-state index contributed by atoms with van der Waals surface area (Å²) >= 11 is 0. The molecule has 0 radical (unpaired) electrons. The summed E-state index contributed by atoms with van der Waals surface area (Å²) in [5, 5.41) is 3.56. The predicted molar refractivity (Wildman–Crippen MR) is 81.6 cm³/mol. The van der Waals surface area contributed by atoms with Crippen molar-refractivity contribution in [1.29, 1.82) is 0 Å². The van der Waals surface area contributed by atoms with Gasteiger partial charge in [-0.3, -0.25) is 4.98 Å². The summed E-state index contributed by atoms with van der Waals surface area (Å²) in [5.74, 6) is 0. The zero-order valence-corrected chi connectivity index (χ0v) is 13.0. The standard InChI is InChI=1S/C16H27N3/c1-12-9-15(19(5)14-7-6-8-14)13(10-17-12)11-18-16(2,3)4/h9-10,14,18H,6-8,11H2,1-5H3. The Morgan fingerprint density at radius 1 is 1.37 bits per heavy atom. The third-order valence-corrected chi connectivity index (χ3v) is 3.91. The molecule has 0 atom stereocenters. The lowest BCUT2D eigenvalue weighted by atomic mass is 9.91. The number of aromatic nitrogens is 1. The maximum Gasteiger partial charge on any atom is 0.0445 e. The Labute approximate surface area is 117 Å². The van der Waals surface area contributed by atoms with E-state index in [4.69, 9.17) is 0 Å². The Hall–Kier alpha value is -1.09. The second-order valence-corrected chi connectivity index (χ2v) is 6.75. The van der Waals surface area contributed by atoms with Crippen LogP contribution < -0.4 is 10.2 Å². The van der Waals surface area contributed by atoms with Gasteiger partial charge >= 0.3 is 0 Å². The van der Waals surface area contributed by atoms with E-state index in [1.165, 1.54) is 30.5 Å². The van der Waals surface area contributed by atoms with E-state index >= 15 is 0 Å². The van der Waals surface area contributed by atoms with E-state index in [0.29, 0.717) is 0 Å². The van der Waals surface area contributed by atoms with Gasteiger partial charge in [0.2, 0.25) is 0 Å². The highest BCUT2D eigenvalue weighted by molar-refractivity contribution is 5.54. The van der Waals surface area contributed by atoms with Crippen LogP contribution in [0.25, 0.3) is 0 Å². The summed E-state index contributed by atoms with van der Waals surface area (Å²) in [6.07, 6.45) is 6.04. The molecular weight excluding hydrogens is 234 g/mol. The molecule has 0 unspecified atom stereocenters. The number of pyridine rings is 1. The van der Waals surface area contributed by atoms with Crippen molar-refractivity contribution in [3.05, 3.63) is 23.5 Å². The van der Waals surface area contributed by atoms with Crippen LogP contribution >= 0.6 is 0 Å². The van der Waals surface area contributed by atoms with Crippen molar-refractivity contribution in [1.82, 2.24) is 10.3 Å². The van der Waals surface area contributed by atoms with Crippen molar-refractivity contribution in [2.75, 3.05) is 11.9 Å². The van der Waals surface area contributed by atoms with Gasteiger partial charge in [-0.05, 0) is 53.0 Å². The molecule has 1 aliphatic carbocycles. The first-order valence-electron chi connectivity index (χ1n) is 7.30. The predicted octanol–water partition coefficient (Wildman–Crippen LogP) is 3.27. The van der Waals surface area contributed by atoms with Gasteiger partial charge in [0, 0.05) is 48.3 Å². The molecule has 3 nitrogen and oxygen atoms in total. The number of hydrogen-bond acceptors (Lipinski definition) is 3. The second-order valence-electron chi connectivity index (χ2n) is 6.75. The van der Waals surface area contributed by atoms with Crippen LogP contribution in [0.4, 0.5) is 5.69 Å². The number of nitrogens with one attached hydrogen (secondary N) is 1. The summed E-state index contributed by atoms with van der Waals surface area (Å²) in [7, 11) is 2.22. The summed E-state index contributed by atoms with van der Waals surface area (Å²) in [6.45, 7) is 9.54. The first-order valence-corrected chi connectivity index (χ1v) is 7.30. The van der Waals surface area contributed by atoms with Gasteiger partial charge in [0.15, 0.2) is 0 Å². The Morgan fingerprint density at radius 2 is 2.05 bits per heavy atom. The van der Waals surface area contributed by atoms with Crippen molar-refractivity contribution in [3.63, 3.8) is 0 Å². The molecule has 0 aromatic carbocycles. The minimum absolute atomic E-state index is 0.136. The highest BCUT2D eigenvalue weighted by Crippen LogP contribution is 2.30. The molecule has 1 saturated carbocycles. The number of anilines is 1. The maximum atomic E-state index is 4.46. The molecule has 0 amide bonds. The molecule has 0 saturated heterocycles. The first-order chi connectivity index (χ1) is 8.87. The summed E-state index contributed by atoms with van der Waals surface area (Å²) < 4.78 is 0. The van der Waals surface area contributed by atoms with E-state index in [1.54, 1.807) is 0 Å². The average Bonchev–Trinajstić information content (AvgIpc) is 2.23. The fourth-order valence-electron chi connectivity index (χ4n) is 2.37. The molecule has 1 N–H and O–H groups in total.